The van der Waals surface area contributed by atoms with Crippen molar-refractivity contribution in [2.45, 2.75) is 43.4 Å². The second-order valence-electron chi connectivity index (χ2n) is 10.4. The van der Waals surface area contributed by atoms with E-state index < -0.39 is 47.9 Å². The van der Waals surface area contributed by atoms with Gasteiger partial charge in [0, 0.05) is 35.7 Å². The summed E-state index contributed by atoms with van der Waals surface area (Å²) in [6.07, 6.45) is 2.04. The van der Waals surface area contributed by atoms with Crippen LogP contribution in [0.4, 0.5) is 0 Å². The van der Waals surface area contributed by atoms with Gasteiger partial charge in [0.15, 0.2) is 0 Å². The minimum atomic E-state index is -1.28. The number of benzene rings is 3. The second kappa shape index (κ2) is 15.1. The molecule has 0 radical (unpaired) electrons. The molecule has 0 bridgehead atoms. The summed E-state index contributed by atoms with van der Waals surface area (Å²) in [5.41, 5.74) is 9.24. The lowest BCUT2D eigenvalue weighted by Crippen LogP contribution is -2.58. The van der Waals surface area contributed by atoms with Crippen molar-refractivity contribution in [1.29, 1.82) is 0 Å². The number of aromatic nitrogens is 1. The molecule has 0 saturated carbocycles. The van der Waals surface area contributed by atoms with E-state index in [-0.39, 0.29) is 30.8 Å². The number of phenols is 1. The molecule has 11 nitrogen and oxygen atoms in total. The number of fused-ring (bicyclic) bond motifs is 1. The minimum Gasteiger partial charge on any atom is -0.508 e. The van der Waals surface area contributed by atoms with Crippen LogP contribution in [0.3, 0.4) is 0 Å². The van der Waals surface area contributed by atoms with Gasteiger partial charge >= 0.3 is 5.97 Å². The van der Waals surface area contributed by atoms with Crippen molar-refractivity contribution in [2.75, 3.05) is 5.75 Å². The van der Waals surface area contributed by atoms with E-state index in [0.29, 0.717) is 5.56 Å². The number of nitrogens with one attached hydrogen (secondary N) is 4. The predicted molar refractivity (Wildman–Crippen MR) is 169 cm³/mol. The zero-order valence-corrected chi connectivity index (χ0v) is 24.7. The smallest absolute Gasteiger partial charge is 0.327 e. The second-order valence-corrected chi connectivity index (χ2v) is 10.8. The highest BCUT2D eigenvalue weighted by molar-refractivity contribution is 7.80. The molecule has 230 valence electrons. The topological polar surface area (TPSA) is 187 Å². The number of aromatic hydroxyl groups is 1. The van der Waals surface area contributed by atoms with Gasteiger partial charge in [-0.3, -0.25) is 14.4 Å². The van der Waals surface area contributed by atoms with E-state index >= 15 is 0 Å². The maximum absolute atomic E-state index is 13.8. The van der Waals surface area contributed by atoms with Gasteiger partial charge in [0.1, 0.15) is 23.9 Å². The van der Waals surface area contributed by atoms with Gasteiger partial charge in [-0.05, 0) is 41.3 Å². The van der Waals surface area contributed by atoms with Gasteiger partial charge in [-0.25, -0.2) is 4.79 Å². The summed E-state index contributed by atoms with van der Waals surface area (Å²) in [6.45, 7) is 0. The summed E-state index contributed by atoms with van der Waals surface area (Å²) < 4.78 is 0. The Hall–Kier alpha value is -4.81. The molecule has 3 aromatic carbocycles. The molecule has 12 heteroatoms. The number of hydrogen-bond donors (Lipinski definition) is 8. The lowest BCUT2D eigenvalue weighted by Gasteiger charge is -2.25. The number of carbonyl (C=O) groups is 4. The van der Waals surface area contributed by atoms with Gasteiger partial charge in [0.2, 0.25) is 17.7 Å². The van der Waals surface area contributed by atoms with Crippen LogP contribution in [0.1, 0.15) is 16.7 Å². The monoisotopic (exact) mass is 617 g/mol. The van der Waals surface area contributed by atoms with E-state index in [1.54, 1.807) is 18.3 Å². The molecule has 0 fully saturated rings. The lowest BCUT2D eigenvalue weighted by atomic mass is 10.0. The maximum Gasteiger partial charge on any atom is 0.327 e. The molecule has 4 rings (SSSR count). The third-order valence-corrected chi connectivity index (χ3v) is 7.54. The highest BCUT2D eigenvalue weighted by atomic mass is 32.1. The minimum absolute atomic E-state index is 0.0335. The van der Waals surface area contributed by atoms with Crippen LogP contribution in [0.15, 0.2) is 85.1 Å². The average Bonchev–Trinajstić information content (AvgIpc) is 3.43. The number of aromatic amines is 1. The molecule has 0 aliphatic heterocycles. The number of thiol groups is 1. The Bertz CT molecular complexity index is 1590. The summed E-state index contributed by atoms with van der Waals surface area (Å²) in [5, 5.41) is 27.9. The van der Waals surface area contributed by atoms with Crippen molar-refractivity contribution in [1.82, 2.24) is 20.9 Å². The highest BCUT2D eigenvalue weighted by Gasteiger charge is 2.31. The fourth-order valence-corrected chi connectivity index (χ4v) is 5.02. The number of hydrogen-bond acceptors (Lipinski definition) is 7. The van der Waals surface area contributed by atoms with Crippen LogP contribution in [0.5, 0.6) is 5.75 Å². The van der Waals surface area contributed by atoms with E-state index in [1.807, 2.05) is 54.6 Å². The predicted octanol–water partition coefficient (Wildman–Crippen LogP) is 1.70. The number of rotatable bonds is 14. The Kier molecular flexibility index (Phi) is 11.0. The third-order valence-electron chi connectivity index (χ3n) is 7.17. The van der Waals surface area contributed by atoms with Crippen LogP contribution in [0.2, 0.25) is 0 Å². The quantitative estimate of drug-likeness (QED) is 0.0989. The number of amides is 3. The van der Waals surface area contributed by atoms with Crippen molar-refractivity contribution in [3.63, 3.8) is 0 Å². The van der Waals surface area contributed by atoms with Gasteiger partial charge in [-0.2, -0.15) is 12.6 Å². The zero-order valence-electron chi connectivity index (χ0n) is 23.8. The Balaban J connectivity index is 1.58. The standard InChI is InChI=1S/C32H35N5O6S/c33-24(14-19-6-2-1-3-7-19)29(39)35-26(15-20-10-12-22(38)13-11-20)30(40)36-27(31(41)37-28(18-44)32(42)43)16-21-17-34-25-9-5-4-8-23(21)25/h1-13,17,24,26-28,34,38,44H,14-16,18,33H2,(H,35,39)(H,36,40)(H,37,41)(H,42,43). The van der Waals surface area contributed by atoms with Crippen molar-refractivity contribution in [3.05, 3.63) is 102 Å². The number of H-pyrrole nitrogens is 1. The lowest BCUT2D eigenvalue weighted by molar-refractivity contribution is -0.141. The first kappa shape index (κ1) is 32.1. The SMILES string of the molecule is NC(Cc1ccccc1)C(=O)NC(Cc1ccc(O)cc1)C(=O)NC(Cc1c[nH]c2ccccc12)C(=O)NC(CS)C(=O)O. The van der Waals surface area contributed by atoms with Crippen molar-refractivity contribution in [3.8, 4) is 5.75 Å². The molecular formula is C32H35N5O6S. The fourth-order valence-electron chi connectivity index (χ4n) is 4.78. The van der Waals surface area contributed by atoms with Crippen molar-refractivity contribution in [2.24, 2.45) is 5.73 Å². The van der Waals surface area contributed by atoms with Crippen molar-refractivity contribution < 1.29 is 29.4 Å². The van der Waals surface area contributed by atoms with E-state index in [1.165, 1.54) is 12.1 Å². The third kappa shape index (κ3) is 8.62. The molecule has 1 heterocycles. The number of para-hydroxylation sites is 1. The van der Waals surface area contributed by atoms with Crippen LogP contribution in [0.25, 0.3) is 10.9 Å². The van der Waals surface area contributed by atoms with Crippen LogP contribution in [-0.4, -0.2) is 68.8 Å². The average molecular weight is 618 g/mol. The number of nitrogens with two attached hydrogens (primary N) is 1. The largest absolute Gasteiger partial charge is 0.508 e. The molecule has 0 aliphatic carbocycles. The van der Waals surface area contributed by atoms with E-state index in [0.717, 1.165) is 22.0 Å². The first-order valence-electron chi connectivity index (χ1n) is 14.0. The number of carbonyl (C=O) groups excluding carboxylic acids is 3. The van der Waals surface area contributed by atoms with Gasteiger partial charge in [-0.1, -0.05) is 60.7 Å². The van der Waals surface area contributed by atoms with E-state index in [2.05, 4.69) is 33.6 Å². The van der Waals surface area contributed by atoms with Crippen LogP contribution in [0, 0.1) is 0 Å². The normalized spacial score (nSPS) is 13.8. The van der Waals surface area contributed by atoms with Gasteiger partial charge in [0.05, 0.1) is 6.04 Å². The molecule has 8 N–H and O–H groups in total. The van der Waals surface area contributed by atoms with Gasteiger partial charge < -0.3 is 36.9 Å². The summed E-state index contributed by atoms with van der Waals surface area (Å²) in [6, 6.07) is 18.2. The molecule has 0 spiro atoms. The van der Waals surface area contributed by atoms with Crippen LogP contribution < -0.4 is 21.7 Å². The molecule has 4 aromatic rings. The Morgan fingerprint density at radius 2 is 1.30 bits per heavy atom. The Morgan fingerprint density at radius 3 is 1.95 bits per heavy atom. The number of carboxylic acids is 1. The molecule has 3 amide bonds. The molecule has 44 heavy (non-hydrogen) atoms. The number of phenolic OH excluding ortho intramolecular Hbond substituents is 1. The first-order chi connectivity index (χ1) is 21.1. The number of aliphatic carboxylic acids is 1. The molecule has 0 aliphatic rings. The molecule has 4 atom stereocenters. The number of carboxylic acid groups (broad SMARTS) is 1. The summed E-state index contributed by atoms with van der Waals surface area (Å²) in [4.78, 5) is 55.1. The first-order valence-corrected chi connectivity index (χ1v) is 14.6. The maximum atomic E-state index is 13.8. The highest BCUT2D eigenvalue weighted by Crippen LogP contribution is 2.20. The zero-order chi connectivity index (χ0) is 31.6. The van der Waals surface area contributed by atoms with E-state index in [4.69, 9.17) is 5.73 Å². The Labute approximate surface area is 259 Å². The summed E-state index contributed by atoms with van der Waals surface area (Å²) in [5.74, 6) is -3.34. The fraction of sp³-hybridized carbons (Fsp3) is 0.250. The molecule has 1 aromatic heterocycles. The molecular weight excluding hydrogens is 582 g/mol. The van der Waals surface area contributed by atoms with Crippen LogP contribution >= 0.6 is 12.6 Å². The van der Waals surface area contributed by atoms with Gasteiger partial charge in [-0.15, -0.1) is 0 Å². The molecule has 4 unspecified atom stereocenters. The Morgan fingerprint density at radius 1 is 0.727 bits per heavy atom. The van der Waals surface area contributed by atoms with Crippen molar-refractivity contribution >= 4 is 47.2 Å². The van der Waals surface area contributed by atoms with Gasteiger partial charge in [0.25, 0.3) is 0 Å². The van der Waals surface area contributed by atoms with Crippen LogP contribution in [-0.2, 0) is 38.4 Å². The van der Waals surface area contributed by atoms with E-state index in [9.17, 15) is 29.4 Å². The molecule has 0 saturated heterocycles. The summed E-state index contributed by atoms with van der Waals surface area (Å²) in [7, 11) is 0. The summed E-state index contributed by atoms with van der Waals surface area (Å²) >= 11 is 4.03.